The fourth-order valence-electron chi connectivity index (χ4n) is 0.697. The van der Waals surface area contributed by atoms with Crippen LogP contribution in [-0.2, 0) is 44.5 Å². The SMILES string of the molecule is O=c1cccccc1OS(=O)(=O)O.[Cu].[Cu]. The molecule has 15 heavy (non-hydrogen) atoms. The van der Waals surface area contributed by atoms with E-state index in [0.29, 0.717) is 0 Å². The molecule has 0 aliphatic heterocycles. The molecule has 0 saturated heterocycles. The van der Waals surface area contributed by atoms with Gasteiger partial charge in [-0.05, 0) is 12.1 Å². The Balaban J connectivity index is 0. The van der Waals surface area contributed by atoms with Gasteiger partial charge in [-0.1, -0.05) is 18.2 Å². The number of rotatable bonds is 2. The van der Waals surface area contributed by atoms with Crippen LogP contribution in [0.15, 0.2) is 35.1 Å². The molecule has 0 heterocycles. The van der Waals surface area contributed by atoms with Crippen LogP contribution in [0.3, 0.4) is 0 Å². The van der Waals surface area contributed by atoms with E-state index in [1.165, 1.54) is 18.2 Å². The summed E-state index contributed by atoms with van der Waals surface area (Å²) in [7, 11) is -4.63. The molecule has 1 rings (SSSR count). The third-order valence-electron chi connectivity index (χ3n) is 1.16. The van der Waals surface area contributed by atoms with Gasteiger partial charge in [0.1, 0.15) is 0 Å². The van der Waals surface area contributed by atoms with Crippen molar-refractivity contribution in [3.63, 3.8) is 0 Å². The largest absolute Gasteiger partial charge is 0.446 e. The summed E-state index contributed by atoms with van der Waals surface area (Å²) in [5.41, 5.74) is -0.623. The molecular formula is C7H6Cu2O5S. The van der Waals surface area contributed by atoms with Crippen LogP contribution in [0.5, 0.6) is 5.75 Å². The quantitative estimate of drug-likeness (QED) is 0.620. The summed E-state index contributed by atoms with van der Waals surface area (Å²) in [6.45, 7) is 0. The van der Waals surface area contributed by atoms with Crippen molar-refractivity contribution >= 4 is 10.4 Å². The average molecular weight is 329 g/mol. The van der Waals surface area contributed by atoms with Gasteiger partial charge < -0.3 is 4.18 Å². The second-order valence-electron chi connectivity index (χ2n) is 2.15. The first-order chi connectivity index (χ1) is 5.99. The zero-order valence-electron chi connectivity index (χ0n) is 6.98. The van der Waals surface area contributed by atoms with E-state index in [-0.39, 0.29) is 34.1 Å². The predicted octanol–water partition coefficient (Wildman–Crippen LogP) is 0.223. The molecule has 0 unspecified atom stereocenters. The van der Waals surface area contributed by atoms with E-state index in [0.717, 1.165) is 12.1 Å². The Morgan fingerprint density at radius 2 is 1.60 bits per heavy atom. The summed E-state index contributed by atoms with van der Waals surface area (Å²) in [5, 5.41) is 0. The van der Waals surface area contributed by atoms with Crippen molar-refractivity contribution in [2.24, 2.45) is 0 Å². The van der Waals surface area contributed by atoms with Gasteiger partial charge in [-0.15, -0.1) is 0 Å². The minimum Gasteiger partial charge on any atom is -0.358 e. The zero-order chi connectivity index (χ0) is 9.90. The van der Waals surface area contributed by atoms with Crippen molar-refractivity contribution in [2.45, 2.75) is 0 Å². The Kier molecular flexibility index (Phi) is 7.96. The Bertz CT molecular complexity index is 459. The maximum atomic E-state index is 11.0. The molecule has 0 bridgehead atoms. The van der Waals surface area contributed by atoms with Crippen molar-refractivity contribution in [2.75, 3.05) is 0 Å². The first-order valence-corrected chi connectivity index (χ1v) is 4.62. The van der Waals surface area contributed by atoms with Gasteiger partial charge >= 0.3 is 10.4 Å². The molecule has 0 aliphatic carbocycles. The molecule has 5 nitrogen and oxygen atoms in total. The molecule has 2 radical (unpaired) electrons. The standard InChI is InChI=1S/C7H6O5S.2Cu/c8-6-4-2-1-3-5-7(6)12-13(9,10)11;;/h1-5H,(H,9,10,11);;. The van der Waals surface area contributed by atoms with Crippen LogP contribution in [-0.4, -0.2) is 13.0 Å². The minimum atomic E-state index is -4.63. The molecule has 0 saturated carbocycles. The second kappa shape index (κ2) is 7.00. The first kappa shape index (κ1) is 17.0. The Morgan fingerprint density at radius 3 is 2.13 bits per heavy atom. The molecule has 1 N–H and O–H groups in total. The molecular weight excluding hydrogens is 323 g/mol. The normalized spacial score (nSPS) is 9.40. The zero-order valence-corrected chi connectivity index (χ0v) is 9.68. The maximum Gasteiger partial charge on any atom is 0.446 e. The number of hydrogen-bond acceptors (Lipinski definition) is 4. The van der Waals surface area contributed by atoms with Crippen LogP contribution in [0.25, 0.3) is 0 Å². The van der Waals surface area contributed by atoms with E-state index < -0.39 is 21.6 Å². The van der Waals surface area contributed by atoms with Crippen molar-refractivity contribution in [3.05, 3.63) is 40.6 Å². The van der Waals surface area contributed by atoms with Crippen LogP contribution in [0.1, 0.15) is 0 Å². The van der Waals surface area contributed by atoms with E-state index in [2.05, 4.69) is 4.18 Å². The van der Waals surface area contributed by atoms with E-state index in [1.807, 2.05) is 0 Å². The van der Waals surface area contributed by atoms with Crippen LogP contribution < -0.4 is 9.61 Å². The summed E-state index contributed by atoms with van der Waals surface area (Å²) >= 11 is 0. The predicted molar refractivity (Wildman–Crippen MR) is 44.9 cm³/mol. The van der Waals surface area contributed by atoms with Gasteiger partial charge in [0.15, 0.2) is 5.75 Å². The van der Waals surface area contributed by atoms with Crippen molar-refractivity contribution in [1.29, 1.82) is 0 Å². The molecule has 0 spiro atoms. The topological polar surface area (TPSA) is 80.7 Å². The Morgan fingerprint density at radius 1 is 1.07 bits per heavy atom. The summed E-state index contributed by atoms with van der Waals surface area (Å²) in [6.07, 6.45) is 0. The monoisotopic (exact) mass is 328 g/mol. The van der Waals surface area contributed by atoms with Gasteiger partial charge in [0, 0.05) is 34.1 Å². The van der Waals surface area contributed by atoms with Gasteiger partial charge in [0.2, 0.25) is 5.43 Å². The third kappa shape index (κ3) is 6.67. The Hall–Kier alpha value is -0.361. The van der Waals surface area contributed by atoms with Gasteiger partial charge in [-0.25, -0.2) is 0 Å². The average Bonchev–Trinajstić information content (AvgIpc) is 2.14. The van der Waals surface area contributed by atoms with Crippen LogP contribution >= 0.6 is 0 Å². The second-order valence-corrected chi connectivity index (χ2v) is 3.17. The minimum absolute atomic E-state index is 0. The maximum absolute atomic E-state index is 11.0. The number of hydrogen-bond donors (Lipinski definition) is 1. The van der Waals surface area contributed by atoms with Crippen molar-refractivity contribution < 1.29 is 51.3 Å². The summed E-state index contributed by atoms with van der Waals surface area (Å²) in [6, 6.07) is 6.65. The molecule has 92 valence electrons. The fraction of sp³-hybridized carbons (Fsp3) is 0. The molecule has 0 atom stereocenters. The van der Waals surface area contributed by atoms with Gasteiger partial charge in [-0.2, -0.15) is 8.42 Å². The van der Waals surface area contributed by atoms with E-state index in [9.17, 15) is 13.2 Å². The van der Waals surface area contributed by atoms with Crippen molar-refractivity contribution in [3.8, 4) is 5.75 Å². The molecule has 8 heteroatoms. The van der Waals surface area contributed by atoms with Crippen molar-refractivity contribution in [1.82, 2.24) is 0 Å². The molecule has 0 aromatic heterocycles. The van der Waals surface area contributed by atoms with Crippen LogP contribution in [0.2, 0.25) is 0 Å². The van der Waals surface area contributed by atoms with Crippen LogP contribution in [0.4, 0.5) is 0 Å². The molecule has 0 amide bonds. The van der Waals surface area contributed by atoms with E-state index >= 15 is 0 Å². The summed E-state index contributed by atoms with van der Waals surface area (Å²) in [4.78, 5) is 11.0. The fourth-order valence-corrected chi connectivity index (χ4v) is 1.06. The van der Waals surface area contributed by atoms with Gasteiger partial charge in [0.25, 0.3) is 0 Å². The molecule has 0 fully saturated rings. The third-order valence-corrected chi connectivity index (χ3v) is 1.55. The summed E-state index contributed by atoms with van der Waals surface area (Å²) < 4.78 is 32.8. The molecule has 0 aliphatic rings. The Labute approximate surface area is 108 Å². The van der Waals surface area contributed by atoms with Gasteiger partial charge in [-0.3, -0.25) is 9.35 Å². The van der Waals surface area contributed by atoms with Gasteiger partial charge in [0.05, 0.1) is 0 Å². The van der Waals surface area contributed by atoms with E-state index in [1.54, 1.807) is 0 Å². The molecule has 1 aromatic carbocycles. The van der Waals surface area contributed by atoms with E-state index in [4.69, 9.17) is 4.55 Å². The van der Waals surface area contributed by atoms with Crippen LogP contribution in [0, 0.1) is 0 Å². The smallest absolute Gasteiger partial charge is 0.358 e. The first-order valence-electron chi connectivity index (χ1n) is 3.25. The summed E-state index contributed by atoms with van der Waals surface area (Å²) in [5.74, 6) is -0.437. The molecule has 1 aromatic rings.